The van der Waals surface area contributed by atoms with Crippen LogP contribution in [0.1, 0.15) is 36.0 Å². The van der Waals surface area contributed by atoms with Gasteiger partial charge in [-0.05, 0) is 43.3 Å². The smallest absolute Gasteiger partial charge is 0.266 e. The molecule has 6 heteroatoms. The Bertz CT molecular complexity index is 706. The van der Waals surface area contributed by atoms with Crippen molar-refractivity contribution >= 4 is 29.2 Å². The molecule has 2 atom stereocenters. The summed E-state index contributed by atoms with van der Waals surface area (Å²) in [6.45, 7) is 0.121. The van der Waals surface area contributed by atoms with Crippen LogP contribution in [0.3, 0.4) is 0 Å². The molecule has 5 nitrogen and oxygen atoms in total. The lowest BCUT2D eigenvalue weighted by Crippen LogP contribution is -2.43. The number of hydrogen-bond acceptors (Lipinski definition) is 4. The number of aromatic nitrogens is 1. The lowest BCUT2D eigenvalue weighted by Gasteiger charge is -2.30. The Morgan fingerprint density at radius 3 is 3.05 bits per heavy atom. The molecule has 1 amide bonds. The Morgan fingerprint density at radius 2 is 2.24 bits per heavy atom. The predicted molar refractivity (Wildman–Crippen MR) is 81.7 cm³/mol. The van der Waals surface area contributed by atoms with E-state index >= 15 is 0 Å². The van der Waals surface area contributed by atoms with Gasteiger partial charge in [-0.15, -0.1) is 0 Å². The second-order valence-electron chi connectivity index (χ2n) is 5.53. The zero-order valence-corrected chi connectivity index (χ0v) is 12.4. The van der Waals surface area contributed by atoms with Crippen LogP contribution in [0.25, 0.3) is 11.1 Å². The van der Waals surface area contributed by atoms with Crippen molar-refractivity contribution in [2.45, 2.75) is 31.7 Å². The second-order valence-corrected chi connectivity index (χ2v) is 5.90. The van der Waals surface area contributed by atoms with Gasteiger partial charge in [-0.1, -0.05) is 12.8 Å². The topological polar surface area (TPSA) is 78.3 Å². The standard InChI is InChI=1S/C15H18N2O3S/c18-8-10-3-1-2-4-11(10)16-14(19)9-5-6-12-13(7-9)20-15(21)17-12/h5-7,10-11,18H,1-4,8H2,(H,16,19)(H,17,21). The van der Waals surface area contributed by atoms with E-state index in [0.717, 1.165) is 31.2 Å². The molecule has 21 heavy (non-hydrogen) atoms. The van der Waals surface area contributed by atoms with Gasteiger partial charge in [0.15, 0.2) is 5.58 Å². The number of H-pyrrole nitrogens is 1. The molecule has 0 radical (unpaired) electrons. The van der Waals surface area contributed by atoms with Crippen LogP contribution in [0.2, 0.25) is 0 Å². The van der Waals surface area contributed by atoms with Gasteiger partial charge in [0.2, 0.25) is 0 Å². The second kappa shape index (κ2) is 5.99. The maximum atomic E-state index is 12.4. The molecule has 1 aliphatic carbocycles. The molecule has 2 unspecified atom stereocenters. The average Bonchev–Trinajstić information content (AvgIpc) is 2.86. The van der Waals surface area contributed by atoms with E-state index in [0.29, 0.717) is 16.0 Å². The van der Waals surface area contributed by atoms with Crippen LogP contribution in [0.15, 0.2) is 22.6 Å². The largest absolute Gasteiger partial charge is 0.429 e. The van der Waals surface area contributed by atoms with E-state index in [1.807, 2.05) is 0 Å². The minimum atomic E-state index is -0.135. The molecule has 1 fully saturated rings. The summed E-state index contributed by atoms with van der Waals surface area (Å²) in [5.41, 5.74) is 1.90. The molecule has 0 bridgehead atoms. The lowest BCUT2D eigenvalue weighted by molar-refractivity contribution is 0.0872. The van der Waals surface area contributed by atoms with Crippen LogP contribution >= 0.6 is 12.2 Å². The first kappa shape index (κ1) is 14.3. The number of amides is 1. The third-order valence-electron chi connectivity index (χ3n) is 4.14. The van der Waals surface area contributed by atoms with Gasteiger partial charge < -0.3 is 19.8 Å². The highest BCUT2D eigenvalue weighted by molar-refractivity contribution is 7.71. The van der Waals surface area contributed by atoms with Crippen molar-refractivity contribution in [1.29, 1.82) is 0 Å². The summed E-state index contributed by atoms with van der Waals surface area (Å²) in [5.74, 6) is 0.0205. The zero-order valence-electron chi connectivity index (χ0n) is 11.6. The number of oxazole rings is 1. The van der Waals surface area contributed by atoms with E-state index in [9.17, 15) is 9.90 Å². The molecule has 1 saturated carbocycles. The van der Waals surface area contributed by atoms with Crippen LogP contribution in [0, 0.1) is 10.8 Å². The summed E-state index contributed by atoms with van der Waals surface area (Å²) in [4.78, 5) is 15.6. The van der Waals surface area contributed by atoms with E-state index in [4.69, 9.17) is 16.6 Å². The van der Waals surface area contributed by atoms with Crippen molar-refractivity contribution in [1.82, 2.24) is 10.3 Å². The summed E-state index contributed by atoms with van der Waals surface area (Å²) in [5, 5.41) is 12.4. The fourth-order valence-corrected chi connectivity index (χ4v) is 3.15. The predicted octanol–water partition coefficient (Wildman–Crippen LogP) is 2.77. The molecule has 1 aliphatic rings. The van der Waals surface area contributed by atoms with Crippen LogP contribution in [0.4, 0.5) is 0 Å². The van der Waals surface area contributed by atoms with Gasteiger partial charge >= 0.3 is 0 Å². The molecule has 1 heterocycles. The SMILES string of the molecule is O=C(NC1CCCCC1CO)c1ccc2[nH]c(=S)oc2c1. The molecule has 1 aromatic heterocycles. The molecule has 3 N–H and O–H groups in total. The Balaban J connectivity index is 1.78. The first-order valence-corrected chi connectivity index (χ1v) is 7.63. The van der Waals surface area contributed by atoms with Crippen molar-refractivity contribution in [3.63, 3.8) is 0 Å². The van der Waals surface area contributed by atoms with Crippen molar-refractivity contribution in [2.75, 3.05) is 6.61 Å². The van der Waals surface area contributed by atoms with Crippen molar-refractivity contribution in [3.8, 4) is 0 Å². The monoisotopic (exact) mass is 306 g/mol. The summed E-state index contributed by atoms with van der Waals surface area (Å²) in [6.07, 6.45) is 4.09. The quantitative estimate of drug-likeness (QED) is 0.762. The van der Waals surface area contributed by atoms with Crippen molar-refractivity contribution in [3.05, 3.63) is 28.6 Å². The number of nitrogens with one attached hydrogen (secondary N) is 2. The summed E-state index contributed by atoms with van der Waals surface area (Å²) >= 11 is 4.93. The third-order valence-corrected chi connectivity index (χ3v) is 4.33. The van der Waals surface area contributed by atoms with Gasteiger partial charge in [0.25, 0.3) is 10.7 Å². The van der Waals surface area contributed by atoms with Crippen LogP contribution < -0.4 is 5.32 Å². The molecule has 3 rings (SSSR count). The first-order valence-electron chi connectivity index (χ1n) is 7.22. The fraction of sp³-hybridized carbons (Fsp3) is 0.467. The minimum absolute atomic E-state index is 0.0459. The molecule has 0 spiro atoms. The van der Waals surface area contributed by atoms with Gasteiger partial charge in [-0.3, -0.25) is 4.79 Å². The van der Waals surface area contributed by atoms with Gasteiger partial charge in [0, 0.05) is 24.1 Å². The molecule has 1 aromatic carbocycles. The van der Waals surface area contributed by atoms with Gasteiger partial charge in [0.05, 0.1) is 5.52 Å². The summed E-state index contributed by atoms with van der Waals surface area (Å²) < 4.78 is 5.33. The Kier molecular flexibility index (Phi) is 4.07. The van der Waals surface area contributed by atoms with E-state index in [1.165, 1.54) is 0 Å². The summed E-state index contributed by atoms with van der Waals surface area (Å²) in [7, 11) is 0. The van der Waals surface area contributed by atoms with Gasteiger partial charge in [-0.2, -0.15) is 0 Å². The molecule has 112 valence electrons. The number of aliphatic hydroxyl groups is 1. The van der Waals surface area contributed by atoms with Gasteiger partial charge in [-0.25, -0.2) is 0 Å². The Hall–Kier alpha value is -1.66. The number of aromatic amines is 1. The maximum Gasteiger partial charge on any atom is 0.266 e. The Labute approximate surface area is 127 Å². The molecular formula is C15H18N2O3S. The fourth-order valence-electron chi connectivity index (χ4n) is 2.95. The highest BCUT2D eigenvalue weighted by Crippen LogP contribution is 2.24. The number of benzene rings is 1. The molecular weight excluding hydrogens is 288 g/mol. The third kappa shape index (κ3) is 3.01. The zero-order chi connectivity index (χ0) is 14.8. The number of rotatable bonds is 3. The first-order chi connectivity index (χ1) is 10.2. The van der Waals surface area contributed by atoms with Crippen LogP contribution in [0.5, 0.6) is 0 Å². The Morgan fingerprint density at radius 1 is 1.43 bits per heavy atom. The molecule has 0 aliphatic heterocycles. The van der Waals surface area contributed by atoms with Crippen molar-refractivity contribution < 1.29 is 14.3 Å². The highest BCUT2D eigenvalue weighted by Gasteiger charge is 2.26. The number of carbonyl (C=O) groups excluding carboxylic acids is 1. The van der Waals surface area contributed by atoms with E-state index in [-0.39, 0.29) is 24.5 Å². The van der Waals surface area contributed by atoms with Crippen molar-refractivity contribution in [2.24, 2.45) is 5.92 Å². The number of carbonyl (C=O) groups is 1. The number of hydrogen-bond donors (Lipinski definition) is 3. The average molecular weight is 306 g/mol. The van der Waals surface area contributed by atoms with E-state index in [1.54, 1.807) is 18.2 Å². The lowest BCUT2D eigenvalue weighted by atomic mass is 9.85. The number of aliphatic hydroxyl groups excluding tert-OH is 1. The van der Waals surface area contributed by atoms with E-state index in [2.05, 4.69) is 10.3 Å². The highest BCUT2D eigenvalue weighted by atomic mass is 32.1. The van der Waals surface area contributed by atoms with Crippen LogP contribution in [-0.2, 0) is 0 Å². The maximum absolute atomic E-state index is 12.4. The number of fused-ring (bicyclic) bond motifs is 1. The molecule has 2 aromatic rings. The van der Waals surface area contributed by atoms with Gasteiger partial charge in [0.1, 0.15) is 0 Å². The normalized spacial score (nSPS) is 22.3. The van der Waals surface area contributed by atoms with E-state index < -0.39 is 0 Å². The summed E-state index contributed by atoms with van der Waals surface area (Å²) in [6, 6.07) is 5.27. The minimum Gasteiger partial charge on any atom is -0.429 e. The molecule has 0 saturated heterocycles. The van der Waals surface area contributed by atoms with Crippen LogP contribution in [-0.4, -0.2) is 28.6 Å².